The predicted molar refractivity (Wildman–Crippen MR) is 88.7 cm³/mol. The number of hydrogen-bond donors (Lipinski definition) is 1. The minimum Gasteiger partial charge on any atom is -0.352 e. The Labute approximate surface area is 125 Å². The van der Waals surface area contributed by atoms with Gasteiger partial charge < -0.3 is 5.32 Å². The number of unbranched alkanes of at least 4 members (excludes halogenated alkanes) is 7. The van der Waals surface area contributed by atoms with Crippen LogP contribution in [0.3, 0.4) is 0 Å². The summed E-state index contributed by atoms with van der Waals surface area (Å²) in [6.45, 7) is 7.17. The van der Waals surface area contributed by atoms with Crippen molar-refractivity contribution in [3.05, 3.63) is 24.3 Å². The van der Waals surface area contributed by atoms with Crippen LogP contribution in [0.4, 0.5) is 0 Å². The van der Waals surface area contributed by atoms with Gasteiger partial charge in [0.15, 0.2) is 0 Å². The van der Waals surface area contributed by atoms with Gasteiger partial charge in [0.05, 0.1) is 0 Å². The standard InChI is InChI=1S/C18H33NO/c1-4-5-6-7-8-9-10-11-12-13-14-15-18(20)19-16-17(2)3/h12-15,17H,4-11,16H2,1-3H3,(H,19,20). The lowest BCUT2D eigenvalue weighted by Crippen LogP contribution is -2.25. The fraction of sp³-hybridized carbons (Fsp3) is 0.722. The molecule has 0 aliphatic carbocycles. The monoisotopic (exact) mass is 279 g/mol. The van der Waals surface area contributed by atoms with Gasteiger partial charge in [-0.3, -0.25) is 4.79 Å². The molecule has 116 valence electrons. The fourth-order valence-corrected chi connectivity index (χ4v) is 1.90. The summed E-state index contributed by atoms with van der Waals surface area (Å²) in [6, 6.07) is 0. The second kappa shape index (κ2) is 14.4. The zero-order valence-electron chi connectivity index (χ0n) is 13.7. The van der Waals surface area contributed by atoms with E-state index in [0.717, 1.165) is 13.0 Å². The number of rotatable bonds is 12. The smallest absolute Gasteiger partial charge is 0.243 e. The molecule has 1 amide bonds. The molecule has 0 rings (SSSR count). The minimum atomic E-state index is -0.000672. The van der Waals surface area contributed by atoms with Gasteiger partial charge in [-0.15, -0.1) is 0 Å². The third kappa shape index (κ3) is 15.0. The molecule has 20 heavy (non-hydrogen) atoms. The first kappa shape index (κ1) is 18.9. The molecule has 0 saturated heterocycles. The van der Waals surface area contributed by atoms with Crippen molar-refractivity contribution in [3.63, 3.8) is 0 Å². The van der Waals surface area contributed by atoms with Gasteiger partial charge in [-0.2, -0.15) is 0 Å². The Morgan fingerprint density at radius 2 is 1.65 bits per heavy atom. The third-order valence-corrected chi connectivity index (χ3v) is 3.15. The first-order valence-electron chi connectivity index (χ1n) is 8.27. The summed E-state index contributed by atoms with van der Waals surface area (Å²) in [7, 11) is 0. The van der Waals surface area contributed by atoms with Gasteiger partial charge in [0.1, 0.15) is 0 Å². The molecule has 0 aromatic rings. The van der Waals surface area contributed by atoms with Crippen LogP contribution in [0.5, 0.6) is 0 Å². The van der Waals surface area contributed by atoms with Crippen molar-refractivity contribution < 1.29 is 4.79 Å². The molecule has 0 radical (unpaired) electrons. The Hall–Kier alpha value is -1.05. The van der Waals surface area contributed by atoms with Crippen LogP contribution >= 0.6 is 0 Å². The molecule has 0 spiro atoms. The topological polar surface area (TPSA) is 29.1 Å². The van der Waals surface area contributed by atoms with E-state index in [1.54, 1.807) is 6.08 Å². The van der Waals surface area contributed by atoms with Crippen molar-refractivity contribution in [1.82, 2.24) is 5.32 Å². The lowest BCUT2D eigenvalue weighted by Gasteiger charge is -2.03. The summed E-state index contributed by atoms with van der Waals surface area (Å²) < 4.78 is 0. The van der Waals surface area contributed by atoms with E-state index in [1.165, 1.54) is 44.9 Å². The van der Waals surface area contributed by atoms with Crippen LogP contribution in [0, 0.1) is 5.92 Å². The highest BCUT2D eigenvalue weighted by Crippen LogP contribution is 2.08. The molecular weight excluding hydrogens is 246 g/mol. The number of amides is 1. The molecule has 0 bridgehead atoms. The average molecular weight is 279 g/mol. The molecule has 0 saturated carbocycles. The van der Waals surface area contributed by atoms with Crippen molar-refractivity contribution in [3.8, 4) is 0 Å². The molecule has 0 heterocycles. The van der Waals surface area contributed by atoms with Gasteiger partial charge in [0.25, 0.3) is 0 Å². The van der Waals surface area contributed by atoms with E-state index in [0.29, 0.717) is 5.92 Å². The first-order valence-corrected chi connectivity index (χ1v) is 8.27. The van der Waals surface area contributed by atoms with Crippen LogP contribution in [0.25, 0.3) is 0 Å². The van der Waals surface area contributed by atoms with Gasteiger partial charge in [-0.05, 0) is 18.8 Å². The lowest BCUT2D eigenvalue weighted by atomic mass is 10.1. The van der Waals surface area contributed by atoms with Crippen LogP contribution in [0.1, 0.15) is 72.1 Å². The molecule has 0 aromatic carbocycles. The summed E-state index contributed by atoms with van der Waals surface area (Å²) >= 11 is 0. The summed E-state index contributed by atoms with van der Waals surface area (Å²) in [5.74, 6) is 0.500. The average Bonchev–Trinajstić information content (AvgIpc) is 2.42. The molecule has 0 fully saturated rings. The Morgan fingerprint density at radius 3 is 2.30 bits per heavy atom. The fourth-order valence-electron chi connectivity index (χ4n) is 1.90. The molecule has 0 aliphatic heterocycles. The molecule has 0 unspecified atom stereocenters. The van der Waals surface area contributed by atoms with Crippen LogP contribution in [-0.2, 0) is 4.79 Å². The normalized spacial score (nSPS) is 11.8. The van der Waals surface area contributed by atoms with E-state index in [-0.39, 0.29) is 5.91 Å². The molecule has 2 nitrogen and oxygen atoms in total. The highest BCUT2D eigenvalue weighted by atomic mass is 16.1. The largest absolute Gasteiger partial charge is 0.352 e. The second-order valence-corrected chi connectivity index (χ2v) is 5.84. The van der Waals surface area contributed by atoms with E-state index in [1.807, 2.05) is 12.2 Å². The molecule has 0 aromatic heterocycles. The molecular formula is C18H33NO. The van der Waals surface area contributed by atoms with Crippen molar-refractivity contribution in [2.24, 2.45) is 5.92 Å². The highest BCUT2D eigenvalue weighted by Gasteiger charge is 1.95. The Balaban J connectivity index is 3.40. The van der Waals surface area contributed by atoms with Crippen molar-refractivity contribution in [2.75, 3.05) is 6.54 Å². The number of carbonyl (C=O) groups excluding carboxylic acids is 1. The van der Waals surface area contributed by atoms with Crippen LogP contribution < -0.4 is 5.32 Å². The molecule has 1 N–H and O–H groups in total. The predicted octanol–water partition coefficient (Wildman–Crippen LogP) is 5.01. The van der Waals surface area contributed by atoms with Crippen molar-refractivity contribution >= 4 is 5.91 Å². The second-order valence-electron chi connectivity index (χ2n) is 5.84. The summed E-state index contributed by atoms with van der Waals surface area (Å²) in [6.07, 6.45) is 18.1. The van der Waals surface area contributed by atoms with Gasteiger partial charge in [0.2, 0.25) is 5.91 Å². The Kier molecular flexibility index (Phi) is 13.6. The molecule has 2 heteroatoms. The zero-order valence-corrected chi connectivity index (χ0v) is 13.7. The van der Waals surface area contributed by atoms with Gasteiger partial charge in [-0.25, -0.2) is 0 Å². The zero-order chi connectivity index (χ0) is 15.1. The van der Waals surface area contributed by atoms with E-state index in [4.69, 9.17) is 0 Å². The maximum atomic E-state index is 11.4. The van der Waals surface area contributed by atoms with Gasteiger partial charge in [-0.1, -0.05) is 77.5 Å². The minimum absolute atomic E-state index is 0.000672. The van der Waals surface area contributed by atoms with Crippen molar-refractivity contribution in [2.45, 2.75) is 72.1 Å². The van der Waals surface area contributed by atoms with Crippen LogP contribution in [0.2, 0.25) is 0 Å². The lowest BCUT2D eigenvalue weighted by molar-refractivity contribution is -0.116. The Bertz CT molecular complexity index is 279. The summed E-state index contributed by atoms with van der Waals surface area (Å²) in [5, 5.41) is 2.86. The number of nitrogens with one attached hydrogen (secondary N) is 1. The first-order chi connectivity index (χ1) is 9.66. The van der Waals surface area contributed by atoms with Crippen LogP contribution in [-0.4, -0.2) is 12.5 Å². The third-order valence-electron chi connectivity index (χ3n) is 3.15. The molecule has 0 aliphatic rings. The van der Waals surface area contributed by atoms with E-state index in [2.05, 4.69) is 32.2 Å². The quantitative estimate of drug-likeness (QED) is 0.303. The maximum absolute atomic E-state index is 11.4. The maximum Gasteiger partial charge on any atom is 0.243 e. The molecule has 0 atom stereocenters. The number of hydrogen-bond acceptors (Lipinski definition) is 1. The van der Waals surface area contributed by atoms with E-state index >= 15 is 0 Å². The van der Waals surface area contributed by atoms with E-state index < -0.39 is 0 Å². The number of allylic oxidation sites excluding steroid dienone is 3. The SMILES string of the molecule is CCCCCCCCCC=CC=CC(=O)NCC(C)C. The summed E-state index contributed by atoms with van der Waals surface area (Å²) in [4.78, 5) is 11.4. The summed E-state index contributed by atoms with van der Waals surface area (Å²) in [5.41, 5.74) is 0. The highest BCUT2D eigenvalue weighted by molar-refractivity contribution is 5.87. The van der Waals surface area contributed by atoms with Gasteiger partial charge >= 0.3 is 0 Å². The van der Waals surface area contributed by atoms with Gasteiger partial charge in [0, 0.05) is 12.6 Å². The van der Waals surface area contributed by atoms with Crippen LogP contribution in [0.15, 0.2) is 24.3 Å². The number of carbonyl (C=O) groups is 1. The van der Waals surface area contributed by atoms with Crippen molar-refractivity contribution in [1.29, 1.82) is 0 Å². The van der Waals surface area contributed by atoms with E-state index in [9.17, 15) is 4.79 Å². The Morgan fingerprint density at radius 1 is 1.00 bits per heavy atom.